The minimum absolute atomic E-state index is 0.0519. The van der Waals surface area contributed by atoms with Crippen molar-refractivity contribution < 1.29 is 9.72 Å². The van der Waals surface area contributed by atoms with Crippen molar-refractivity contribution in [3.8, 4) is 0 Å². The van der Waals surface area contributed by atoms with Crippen LogP contribution in [-0.2, 0) is 0 Å². The monoisotopic (exact) mass is 272 g/mol. The van der Waals surface area contributed by atoms with E-state index in [1.165, 1.54) is 12.1 Å². The molecule has 2 rings (SSSR count). The Balaban J connectivity index is 2.38. The lowest BCUT2D eigenvalue weighted by molar-refractivity contribution is -0.384. The quantitative estimate of drug-likeness (QED) is 0.446. The summed E-state index contributed by atoms with van der Waals surface area (Å²) in [6.07, 6.45) is 0. The van der Waals surface area contributed by atoms with Gasteiger partial charge in [0.25, 0.3) is 11.6 Å². The van der Waals surface area contributed by atoms with Crippen molar-refractivity contribution in [1.82, 2.24) is 0 Å². The predicted octanol–water partition coefficient (Wildman–Crippen LogP) is 2.02. The second-order valence-corrected chi connectivity index (χ2v) is 4.10. The van der Waals surface area contributed by atoms with Crippen molar-refractivity contribution in [2.45, 2.75) is 0 Å². The number of non-ortho nitro benzene ring substituents is 1. The number of carbonyl (C=O) groups excluding carboxylic acids is 1. The lowest BCUT2D eigenvalue weighted by atomic mass is 10.1. The third-order valence-corrected chi connectivity index (χ3v) is 2.67. The number of hydrogen-bond donors (Lipinski definition) is 3. The average Bonchev–Trinajstić information content (AvgIpc) is 2.41. The van der Waals surface area contributed by atoms with Crippen LogP contribution in [0.2, 0.25) is 0 Å². The van der Waals surface area contributed by atoms with Crippen LogP contribution >= 0.6 is 0 Å². The fourth-order valence-electron chi connectivity index (χ4n) is 1.68. The van der Waals surface area contributed by atoms with E-state index < -0.39 is 10.8 Å². The number of benzene rings is 2. The first-order valence-electron chi connectivity index (χ1n) is 5.68. The number of primary amides is 1. The van der Waals surface area contributed by atoms with Gasteiger partial charge < -0.3 is 16.8 Å². The van der Waals surface area contributed by atoms with E-state index in [-0.39, 0.29) is 11.3 Å². The predicted molar refractivity (Wildman–Crippen MR) is 75.8 cm³/mol. The summed E-state index contributed by atoms with van der Waals surface area (Å²) in [4.78, 5) is 21.5. The lowest BCUT2D eigenvalue weighted by Gasteiger charge is -2.10. The summed E-state index contributed by atoms with van der Waals surface area (Å²) in [5, 5.41) is 13.7. The molecule has 0 fully saturated rings. The van der Waals surface area contributed by atoms with Gasteiger partial charge in [0.05, 0.1) is 16.2 Å². The molecule has 0 spiro atoms. The van der Waals surface area contributed by atoms with Gasteiger partial charge in [0, 0.05) is 23.5 Å². The number of amides is 1. The molecule has 0 atom stereocenters. The summed E-state index contributed by atoms with van der Waals surface area (Å²) in [5.41, 5.74) is 12.4. The Labute approximate surface area is 114 Å². The molecule has 0 aliphatic rings. The molecular weight excluding hydrogens is 260 g/mol. The molecular formula is C13H12N4O3. The van der Waals surface area contributed by atoms with Crippen LogP contribution in [0, 0.1) is 10.1 Å². The van der Waals surface area contributed by atoms with Crippen LogP contribution in [0.5, 0.6) is 0 Å². The topological polar surface area (TPSA) is 124 Å². The fraction of sp³-hybridized carbons (Fsp3) is 0. The van der Waals surface area contributed by atoms with E-state index >= 15 is 0 Å². The molecule has 0 aromatic heterocycles. The molecule has 0 radical (unpaired) electrons. The minimum atomic E-state index is -0.744. The van der Waals surface area contributed by atoms with E-state index in [0.717, 1.165) is 6.07 Å². The Kier molecular flexibility index (Phi) is 3.52. The lowest BCUT2D eigenvalue weighted by Crippen LogP contribution is -2.13. The molecule has 2 aromatic carbocycles. The van der Waals surface area contributed by atoms with Crippen molar-refractivity contribution in [2.75, 3.05) is 11.1 Å². The maximum atomic E-state index is 11.4. The molecule has 1 amide bonds. The summed E-state index contributed by atoms with van der Waals surface area (Å²) in [5.74, 6) is -0.744. The molecule has 102 valence electrons. The van der Waals surface area contributed by atoms with Gasteiger partial charge in [0.15, 0.2) is 0 Å². The first-order valence-corrected chi connectivity index (χ1v) is 5.68. The highest BCUT2D eigenvalue weighted by molar-refractivity contribution is 6.00. The number of nitrogens with one attached hydrogen (secondary N) is 1. The van der Waals surface area contributed by atoms with E-state index in [0.29, 0.717) is 17.1 Å². The van der Waals surface area contributed by atoms with Gasteiger partial charge in [-0.2, -0.15) is 0 Å². The first-order chi connectivity index (χ1) is 9.47. The molecule has 0 heterocycles. The summed E-state index contributed by atoms with van der Waals surface area (Å²) in [6, 6.07) is 10.7. The number of nitro benzene ring substituents is 1. The molecule has 7 nitrogen and oxygen atoms in total. The number of carbonyl (C=O) groups is 1. The van der Waals surface area contributed by atoms with E-state index in [4.69, 9.17) is 11.5 Å². The minimum Gasteiger partial charge on any atom is -0.399 e. The zero-order valence-electron chi connectivity index (χ0n) is 10.4. The Morgan fingerprint density at radius 3 is 2.35 bits per heavy atom. The summed E-state index contributed by atoms with van der Waals surface area (Å²) in [7, 11) is 0. The molecule has 0 aliphatic carbocycles. The van der Waals surface area contributed by atoms with Crippen LogP contribution in [0.4, 0.5) is 22.7 Å². The molecule has 5 N–H and O–H groups in total. The van der Waals surface area contributed by atoms with Crippen LogP contribution in [0.1, 0.15) is 10.4 Å². The van der Waals surface area contributed by atoms with Crippen LogP contribution in [0.3, 0.4) is 0 Å². The largest absolute Gasteiger partial charge is 0.399 e. The zero-order chi connectivity index (χ0) is 14.7. The van der Waals surface area contributed by atoms with E-state index in [2.05, 4.69) is 5.32 Å². The second kappa shape index (κ2) is 5.27. The number of nitrogen functional groups attached to an aromatic ring is 1. The Morgan fingerprint density at radius 2 is 1.80 bits per heavy atom. The molecule has 2 aromatic rings. The van der Waals surface area contributed by atoms with Gasteiger partial charge in [-0.15, -0.1) is 0 Å². The highest BCUT2D eigenvalue weighted by Crippen LogP contribution is 2.25. The molecule has 0 bridgehead atoms. The van der Waals surface area contributed by atoms with Crippen LogP contribution in [0.25, 0.3) is 0 Å². The first kappa shape index (κ1) is 13.3. The maximum absolute atomic E-state index is 11.4. The Bertz CT molecular complexity index is 668. The number of nitro groups is 1. The standard InChI is InChI=1S/C13H12N4O3/c14-8-1-3-9(4-2-8)16-12-6-5-10(17(19)20)7-11(12)13(15)18/h1-7,16H,14H2,(H2,15,18). The van der Waals surface area contributed by atoms with Gasteiger partial charge in [0.1, 0.15) is 0 Å². The summed E-state index contributed by atoms with van der Waals surface area (Å²) >= 11 is 0. The van der Waals surface area contributed by atoms with Crippen LogP contribution < -0.4 is 16.8 Å². The third kappa shape index (κ3) is 2.83. The Hall–Kier alpha value is -3.09. The summed E-state index contributed by atoms with van der Waals surface area (Å²) in [6.45, 7) is 0. The number of anilines is 3. The van der Waals surface area contributed by atoms with Gasteiger partial charge >= 0.3 is 0 Å². The maximum Gasteiger partial charge on any atom is 0.270 e. The SMILES string of the molecule is NC(=O)c1cc([N+](=O)[O-])ccc1Nc1ccc(N)cc1. The van der Waals surface area contributed by atoms with E-state index in [1.54, 1.807) is 24.3 Å². The smallest absolute Gasteiger partial charge is 0.270 e. The van der Waals surface area contributed by atoms with Gasteiger partial charge in [0.2, 0.25) is 0 Å². The third-order valence-electron chi connectivity index (χ3n) is 2.67. The zero-order valence-corrected chi connectivity index (χ0v) is 10.4. The van der Waals surface area contributed by atoms with Crippen molar-refractivity contribution in [1.29, 1.82) is 0 Å². The molecule has 20 heavy (non-hydrogen) atoms. The molecule has 0 unspecified atom stereocenters. The van der Waals surface area contributed by atoms with Crippen molar-refractivity contribution in [2.24, 2.45) is 5.73 Å². The van der Waals surface area contributed by atoms with E-state index in [1.807, 2.05) is 0 Å². The fourth-order valence-corrected chi connectivity index (χ4v) is 1.68. The Morgan fingerprint density at radius 1 is 1.15 bits per heavy atom. The number of hydrogen-bond acceptors (Lipinski definition) is 5. The van der Waals surface area contributed by atoms with Crippen LogP contribution in [-0.4, -0.2) is 10.8 Å². The molecule has 0 saturated carbocycles. The number of nitrogens with two attached hydrogens (primary N) is 2. The molecule has 0 aliphatic heterocycles. The molecule has 0 saturated heterocycles. The normalized spacial score (nSPS) is 10.0. The van der Waals surface area contributed by atoms with Gasteiger partial charge in [-0.05, 0) is 30.3 Å². The highest BCUT2D eigenvalue weighted by atomic mass is 16.6. The van der Waals surface area contributed by atoms with Crippen molar-refractivity contribution in [3.63, 3.8) is 0 Å². The number of nitrogens with zero attached hydrogens (tertiary/aromatic N) is 1. The van der Waals surface area contributed by atoms with Crippen LogP contribution in [0.15, 0.2) is 42.5 Å². The second-order valence-electron chi connectivity index (χ2n) is 4.10. The summed E-state index contributed by atoms with van der Waals surface area (Å²) < 4.78 is 0. The van der Waals surface area contributed by atoms with Crippen molar-refractivity contribution in [3.05, 3.63) is 58.1 Å². The van der Waals surface area contributed by atoms with Crippen molar-refractivity contribution >= 4 is 28.7 Å². The highest BCUT2D eigenvalue weighted by Gasteiger charge is 2.14. The van der Waals surface area contributed by atoms with Gasteiger partial charge in [-0.3, -0.25) is 14.9 Å². The van der Waals surface area contributed by atoms with Gasteiger partial charge in [-0.1, -0.05) is 0 Å². The molecule has 7 heteroatoms. The van der Waals surface area contributed by atoms with Gasteiger partial charge in [-0.25, -0.2) is 0 Å². The van der Waals surface area contributed by atoms with E-state index in [9.17, 15) is 14.9 Å². The number of rotatable bonds is 4. The average molecular weight is 272 g/mol.